The molecule has 228 valence electrons. The van der Waals surface area contributed by atoms with Crippen molar-refractivity contribution in [3.63, 3.8) is 0 Å². The zero-order valence-electron chi connectivity index (χ0n) is 24.9. The fourth-order valence-corrected chi connectivity index (χ4v) is 4.57. The Kier molecular flexibility index (Phi) is 10.4. The number of aryl methyl sites for hydroxylation is 1. The minimum atomic E-state index is -1.02. The van der Waals surface area contributed by atoms with Crippen molar-refractivity contribution in [3.05, 3.63) is 113 Å². The number of nitrogens with two attached hydrogens (primary N) is 1. The van der Waals surface area contributed by atoms with Crippen molar-refractivity contribution in [1.29, 1.82) is 0 Å². The number of carbonyl (C=O) groups excluding carboxylic acids is 2. The number of aromatic carboxylic acids is 1. The second-order valence-electron chi connectivity index (χ2n) is 10.3. The number of hydrogen-bond donors (Lipinski definition) is 4. The van der Waals surface area contributed by atoms with E-state index in [1.165, 1.54) is 19.2 Å². The highest BCUT2D eigenvalue weighted by Gasteiger charge is 2.23. The van der Waals surface area contributed by atoms with E-state index in [0.29, 0.717) is 34.1 Å². The average Bonchev–Trinajstić information content (AvgIpc) is 3.01. The molecule has 4 aromatic carbocycles. The molecule has 0 fully saturated rings. The predicted molar refractivity (Wildman–Crippen MR) is 170 cm³/mol. The number of amides is 3. The zero-order chi connectivity index (χ0) is 31.6. The first kappa shape index (κ1) is 31.4. The number of carbonyl (C=O) groups is 3. The summed E-state index contributed by atoms with van der Waals surface area (Å²) in [6.07, 6.45) is 0.0659. The van der Waals surface area contributed by atoms with Gasteiger partial charge < -0.3 is 35.8 Å². The Balaban J connectivity index is 1.47. The number of hydrogen-bond acceptors (Lipinski definition) is 6. The number of ether oxygens (including phenoxy) is 2. The number of anilines is 3. The Morgan fingerprint density at radius 2 is 1.59 bits per heavy atom. The number of nitrogens with one attached hydrogen (secondary N) is 2. The van der Waals surface area contributed by atoms with Crippen molar-refractivity contribution in [2.45, 2.75) is 32.9 Å². The smallest absolute Gasteiger partial charge is 0.335 e. The number of benzene rings is 4. The molecule has 4 aromatic rings. The molecule has 0 aliphatic heterocycles. The lowest BCUT2D eigenvalue weighted by Gasteiger charge is -2.30. The average molecular weight is 597 g/mol. The molecular weight excluding hydrogens is 560 g/mol. The van der Waals surface area contributed by atoms with Gasteiger partial charge in [-0.2, -0.15) is 0 Å². The predicted octanol–water partition coefficient (Wildman–Crippen LogP) is 5.97. The van der Waals surface area contributed by atoms with Crippen molar-refractivity contribution in [2.75, 3.05) is 30.1 Å². The molecule has 10 nitrogen and oxygen atoms in total. The van der Waals surface area contributed by atoms with Crippen LogP contribution in [0, 0.1) is 6.92 Å². The van der Waals surface area contributed by atoms with Crippen molar-refractivity contribution < 1.29 is 29.0 Å². The van der Waals surface area contributed by atoms with Crippen LogP contribution in [0.4, 0.5) is 21.9 Å². The first-order valence-electron chi connectivity index (χ1n) is 14.0. The SMILES string of the molecule is COc1cc(CC(=O)N(Cc2ccccc2N)[C@H](C)COc2ccc(C(=O)O)cc2)ccc1NC(=O)Nc1ccccc1C. The number of urea groups is 1. The van der Waals surface area contributed by atoms with E-state index in [-0.39, 0.29) is 37.1 Å². The van der Waals surface area contributed by atoms with Crippen LogP contribution in [0.25, 0.3) is 0 Å². The lowest BCUT2D eigenvalue weighted by atomic mass is 10.1. The minimum Gasteiger partial charge on any atom is -0.495 e. The van der Waals surface area contributed by atoms with Crippen molar-refractivity contribution in [2.24, 2.45) is 0 Å². The van der Waals surface area contributed by atoms with Crippen LogP contribution < -0.4 is 25.8 Å². The van der Waals surface area contributed by atoms with Crippen LogP contribution in [0.2, 0.25) is 0 Å². The third kappa shape index (κ3) is 8.28. The summed E-state index contributed by atoms with van der Waals surface area (Å²) >= 11 is 0. The molecule has 0 heterocycles. The lowest BCUT2D eigenvalue weighted by molar-refractivity contribution is -0.133. The van der Waals surface area contributed by atoms with E-state index in [0.717, 1.165) is 11.1 Å². The fraction of sp³-hybridized carbons (Fsp3) is 0.206. The van der Waals surface area contributed by atoms with Gasteiger partial charge in [-0.05, 0) is 79.1 Å². The van der Waals surface area contributed by atoms with Crippen LogP contribution in [0.1, 0.15) is 34.0 Å². The number of nitrogen functional groups attached to an aromatic ring is 1. The lowest BCUT2D eigenvalue weighted by Crippen LogP contribution is -2.42. The molecule has 0 aliphatic carbocycles. The van der Waals surface area contributed by atoms with Crippen LogP contribution in [-0.4, -0.2) is 47.7 Å². The summed E-state index contributed by atoms with van der Waals surface area (Å²) < 4.78 is 11.4. The molecule has 0 saturated heterocycles. The summed E-state index contributed by atoms with van der Waals surface area (Å²) in [5, 5.41) is 14.8. The van der Waals surface area contributed by atoms with E-state index >= 15 is 0 Å². The Morgan fingerprint density at radius 3 is 2.27 bits per heavy atom. The maximum atomic E-state index is 13.7. The number of nitrogens with zero attached hydrogens (tertiary/aromatic N) is 1. The molecule has 10 heteroatoms. The first-order chi connectivity index (χ1) is 21.1. The fourth-order valence-electron chi connectivity index (χ4n) is 4.57. The Morgan fingerprint density at radius 1 is 0.909 bits per heavy atom. The molecule has 0 aliphatic rings. The van der Waals surface area contributed by atoms with Crippen molar-refractivity contribution >= 4 is 35.0 Å². The summed E-state index contributed by atoms with van der Waals surface area (Å²) in [7, 11) is 1.50. The van der Waals surface area contributed by atoms with Crippen LogP contribution in [0.3, 0.4) is 0 Å². The highest BCUT2D eigenvalue weighted by atomic mass is 16.5. The maximum Gasteiger partial charge on any atom is 0.335 e. The van der Waals surface area contributed by atoms with Crippen molar-refractivity contribution in [1.82, 2.24) is 4.90 Å². The molecule has 5 N–H and O–H groups in total. The number of carboxylic acid groups (broad SMARTS) is 1. The molecule has 0 spiro atoms. The Hall–Kier alpha value is -5.51. The topological polar surface area (TPSA) is 143 Å². The maximum absolute atomic E-state index is 13.7. The highest BCUT2D eigenvalue weighted by molar-refractivity contribution is 6.01. The molecular formula is C34H36N4O6. The van der Waals surface area contributed by atoms with Crippen LogP contribution in [0.5, 0.6) is 11.5 Å². The second-order valence-corrected chi connectivity index (χ2v) is 10.3. The first-order valence-corrected chi connectivity index (χ1v) is 14.0. The molecule has 4 rings (SSSR count). The van der Waals surface area contributed by atoms with Gasteiger partial charge in [0.2, 0.25) is 5.91 Å². The Labute approximate surface area is 256 Å². The third-order valence-electron chi connectivity index (χ3n) is 7.10. The number of para-hydroxylation sites is 2. The highest BCUT2D eigenvalue weighted by Crippen LogP contribution is 2.27. The third-order valence-corrected chi connectivity index (χ3v) is 7.10. The standard InChI is InChI=1S/C34H36N4O6/c1-22-8-4-7-11-29(22)36-34(42)37-30-17-12-24(18-31(30)43-3)19-32(39)38(20-26-9-5-6-10-28(26)35)23(2)21-44-27-15-13-25(14-16-27)33(40)41/h4-18,23H,19-21,35H2,1-3H3,(H,40,41)(H2,36,37,42)/t23-/m1/s1. The van der Waals surface area contributed by atoms with E-state index in [9.17, 15) is 14.4 Å². The number of methoxy groups -OCH3 is 1. The summed E-state index contributed by atoms with van der Waals surface area (Å²) in [5.74, 6) is -0.276. The van der Waals surface area contributed by atoms with E-state index in [1.807, 2.05) is 56.3 Å². The van der Waals surface area contributed by atoms with Gasteiger partial charge in [0.05, 0.1) is 30.8 Å². The summed E-state index contributed by atoms with van der Waals surface area (Å²) in [6.45, 7) is 4.23. The number of rotatable bonds is 12. The van der Waals surface area contributed by atoms with Gasteiger partial charge in [0.1, 0.15) is 18.1 Å². The quantitative estimate of drug-likeness (QED) is 0.148. The molecule has 44 heavy (non-hydrogen) atoms. The van der Waals surface area contributed by atoms with Gasteiger partial charge in [-0.15, -0.1) is 0 Å². The van der Waals surface area contributed by atoms with E-state index in [4.69, 9.17) is 20.3 Å². The van der Waals surface area contributed by atoms with Gasteiger partial charge in [-0.25, -0.2) is 9.59 Å². The van der Waals surface area contributed by atoms with E-state index in [2.05, 4.69) is 10.6 Å². The van der Waals surface area contributed by atoms with Gasteiger partial charge in [0.25, 0.3) is 0 Å². The van der Waals surface area contributed by atoms with Gasteiger partial charge >= 0.3 is 12.0 Å². The monoisotopic (exact) mass is 596 g/mol. The van der Waals surface area contributed by atoms with Crippen LogP contribution >= 0.6 is 0 Å². The van der Waals surface area contributed by atoms with Gasteiger partial charge in [0.15, 0.2) is 0 Å². The van der Waals surface area contributed by atoms with Crippen LogP contribution in [-0.2, 0) is 17.8 Å². The summed E-state index contributed by atoms with van der Waals surface area (Å²) in [6, 6.07) is 25.3. The Bertz CT molecular complexity index is 1620. The largest absolute Gasteiger partial charge is 0.495 e. The molecule has 0 saturated carbocycles. The number of carboxylic acids is 1. The second kappa shape index (κ2) is 14.6. The molecule has 3 amide bonds. The summed E-state index contributed by atoms with van der Waals surface area (Å²) in [5.41, 5.74) is 10.5. The molecule has 0 bridgehead atoms. The molecule has 0 radical (unpaired) electrons. The van der Waals surface area contributed by atoms with Gasteiger partial charge in [0, 0.05) is 17.9 Å². The van der Waals surface area contributed by atoms with E-state index < -0.39 is 12.0 Å². The molecule has 1 atom stereocenters. The van der Waals surface area contributed by atoms with Gasteiger partial charge in [-0.3, -0.25) is 4.79 Å². The zero-order valence-corrected chi connectivity index (χ0v) is 24.9. The minimum absolute atomic E-state index is 0.0659. The van der Waals surface area contributed by atoms with Crippen LogP contribution in [0.15, 0.2) is 91.0 Å². The van der Waals surface area contributed by atoms with E-state index in [1.54, 1.807) is 41.3 Å². The summed E-state index contributed by atoms with van der Waals surface area (Å²) in [4.78, 5) is 39.2. The normalized spacial score (nSPS) is 11.2. The molecule has 0 aromatic heterocycles. The molecule has 0 unspecified atom stereocenters. The van der Waals surface area contributed by atoms with Gasteiger partial charge in [-0.1, -0.05) is 42.5 Å². The van der Waals surface area contributed by atoms with Crippen molar-refractivity contribution in [3.8, 4) is 11.5 Å².